The van der Waals surface area contributed by atoms with E-state index in [0.717, 1.165) is 22.5 Å². The lowest BCUT2D eigenvalue weighted by Gasteiger charge is -2.23. The molecule has 13 nitrogen and oxygen atoms in total. The van der Waals surface area contributed by atoms with Gasteiger partial charge in [0, 0.05) is 60.1 Å². The van der Waals surface area contributed by atoms with Crippen molar-refractivity contribution in [3.8, 4) is 11.8 Å². The summed E-state index contributed by atoms with van der Waals surface area (Å²) in [5.41, 5.74) is 5.00. The van der Waals surface area contributed by atoms with E-state index in [1.807, 2.05) is 47.0 Å². The normalized spacial score (nSPS) is 14.2. The van der Waals surface area contributed by atoms with Crippen molar-refractivity contribution in [3.63, 3.8) is 0 Å². The quantitative estimate of drug-likeness (QED) is 0.0734. The van der Waals surface area contributed by atoms with Crippen LogP contribution in [0.3, 0.4) is 0 Å². The number of halogens is 1. The van der Waals surface area contributed by atoms with Gasteiger partial charge in [0.15, 0.2) is 10.3 Å². The molecule has 0 aliphatic heterocycles. The van der Waals surface area contributed by atoms with Crippen molar-refractivity contribution >= 4 is 62.9 Å². The highest BCUT2D eigenvalue weighted by atomic mass is 35.5. The maximum Gasteiger partial charge on any atom is 0.306 e. The minimum absolute atomic E-state index is 0. The third-order valence-corrected chi connectivity index (χ3v) is 10.4. The van der Waals surface area contributed by atoms with Crippen LogP contribution in [-0.4, -0.2) is 61.2 Å². The Bertz CT molecular complexity index is 1710. The number of hydrogen-bond donors (Lipinski definition) is 3. The first-order valence-corrected chi connectivity index (χ1v) is 19.6. The van der Waals surface area contributed by atoms with E-state index < -0.39 is 5.60 Å². The molecule has 0 atom stereocenters. The molecule has 0 amide bonds. The molecule has 4 aromatic rings. The highest BCUT2D eigenvalue weighted by Gasteiger charge is 2.23. The van der Waals surface area contributed by atoms with Crippen molar-refractivity contribution in [1.29, 1.82) is 0 Å². The largest absolute Gasteiger partial charge is 0.478 e. The summed E-state index contributed by atoms with van der Waals surface area (Å²) in [5, 5.41) is 8.25. The third-order valence-electron chi connectivity index (χ3n) is 8.23. The van der Waals surface area contributed by atoms with Gasteiger partial charge in [-0.2, -0.15) is 9.97 Å². The van der Waals surface area contributed by atoms with Gasteiger partial charge in [0.1, 0.15) is 35.5 Å². The van der Waals surface area contributed by atoms with Crippen LogP contribution >= 0.6 is 35.1 Å². The van der Waals surface area contributed by atoms with Crippen LogP contribution in [0.4, 0.5) is 21.9 Å². The number of hydrogen-bond acceptors (Lipinski definition) is 15. The van der Waals surface area contributed by atoms with Crippen LogP contribution in [0, 0.1) is 0 Å². The number of aromatic nitrogens is 6. The van der Waals surface area contributed by atoms with E-state index in [2.05, 4.69) is 40.5 Å². The molecule has 0 aromatic carbocycles. The lowest BCUT2D eigenvalue weighted by atomic mass is 9.85. The Morgan fingerprint density at radius 1 is 0.808 bits per heavy atom. The van der Waals surface area contributed by atoms with E-state index in [-0.39, 0.29) is 18.4 Å². The summed E-state index contributed by atoms with van der Waals surface area (Å²) in [4.78, 5) is 41.2. The van der Waals surface area contributed by atoms with E-state index in [1.54, 1.807) is 34.8 Å². The molecule has 0 saturated heterocycles. The molecule has 0 bridgehead atoms. The zero-order valence-electron chi connectivity index (χ0n) is 30.8. The summed E-state index contributed by atoms with van der Waals surface area (Å²) >= 11 is 3.39. The Balaban J connectivity index is 0.000000236. The lowest BCUT2D eigenvalue weighted by molar-refractivity contribution is -0.155. The number of esters is 1. The molecule has 4 N–H and O–H groups in total. The Labute approximate surface area is 320 Å². The Morgan fingerprint density at radius 2 is 1.29 bits per heavy atom. The summed E-state index contributed by atoms with van der Waals surface area (Å²) in [5.74, 6) is 5.04. The van der Waals surface area contributed by atoms with Gasteiger partial charge in [-0.15, -0.1) is 35.1 Å². The van der Waals surface area contributed by atoms with E-state index in [0.29, 0.717) is 80.1 Å². The van der Waals surface area contributed by atoms with Crippen molar-refractivity contribution in [2.45, 2.75) is 116 Å². The van der Waals surface area contributed by atoms with Crippen LogP contribution in [0.1, 0.15) is 119 Å². The van der Waals surface area contributed by atoms with Gasteiger partial charge >= 0.3 is 5.97 Å². The Morgan fingerprint density at radius 3 is 1.69 bits per heavy atom. The molecule has 2 aliphatic rings. The smallest absolute Gasteiger partial charge is 0.306 e. The number of carbonyl (C=O) groups is 1. The van der Waals surface area contributed by atoms with Gasteiger partial charge in [0.05, 0.1) is 6.61 Å². The first-order valence-electron chi connectivity index (χ1n) is 18.0. The molecule has 6 rings (SSSR count). The average molecular weight is 774 g/mol. The fourth-order valence-corrected chi connectivity index (χ4v) is 7.14. The fourth-order valence-electron chi connectivity index (χ4n) is 5.16. The minimum Gasteiger partial charge on any atom is -0.478 e. The zero-order valence-corrected chi connectivity index (χ0v) is 33.2. The highest BCUT2D eigenvalue weighted by Crippen LogP contribution is 2.41. The number of nitrogens with two attached hydrogens (primary N) is 1. The number of rotatable bonds is 16. The lowest BCUT2D eigenvalue weighted by Crippen LogP contribution is -2.24. The topological polar surface area (TPSA) is 172 Å². The third kappa shape index (κ3) is 12.8. The van der Waals surface area contributed by atoms with Crippen LogP contribution in [0.25, 0.3) is 0 Å². The molecule has 52 heavy (non-hydrogen) atoms. The summed E-state index contributed by atoms with van der Waals surface area (Å²) in [7, 11) is 0. The van der Waals surface area contributed by atoms with Crippen LogP contribution in [0.15, 0.2) is 24.5 Å². The standard InChI is InChI=1S/C21H30N4O3S.C15H21N5OS.ClH/c1-5-16-23-17(25-20-22-13-15(29-20)14-8-6-9-14)12-18(24-16)27-11-7-10-19(26)28-21(2,3)4;1-2-12-18-13(8-14(19-12)21-7-6-16)20-15-17-9-11(22-15)10-4-3-5-10;/h12-14H,5-11H2,1-4H3,(H,22,23,24,25);8-10H,2-7,16H2,1H3,(H,17,18,19,20);1H. The van der Waals surface area contributed by atoms with Crippen molar-refractivity contribution in [1.82, 2.24) is 29.9 Å². The maximum atomic E-state index is 11.8. The molecule has 4 aromatic heterocycles. The van der Waals surface area contributed by atoms with E-state index >= 15 is 0 Å². The van der Waals surface area contributed by atoms with Crippen LogP contribution < -0.4 is 25.8 Å². The van der Waals surface area contributed by atoms with Crippen molar-refractivity contribution in [2.24, 2.45) is 5.73 Å². The molecule has 0 unspecified atom stereocenters. The molecule has 2 fully saturated rings. The molecular formula is C36H52ClN9O4S2. The predicted molar refractivity (Wildman–Crippen MR) is 209 cm³/mol. The summed E-state index contributed by atoms with van der Waals surface area (Å²) < 4.78 is 16.6. The number of anilines is 4. The van der Waals surface area contributed by atoms with Gasteiger partial charge in [0.25, 0.3) is 0 Å². The van der Waals surface area contributed by atoms with Crippen LogP contribution in [-0.2, 0) is 22.4 Å². The number of thiazole rings is 2. The molecule has 0 spiro atoms. The number of ether oxygens (including phenoxy) is 3. The van der Waals surface area contributed by atoms with Crippen LogP contribution in [0.5, 0.6) is 11.8 Å². The van der Waals surface area contributed by atoms with Gasteiger partial charge in [-0.25, -0.2) is 19.9 Å². The minimum atomic E-state index is -0.463. The molecule has 2 aliphatic carbocycles. The van der Waals surface area contributed by atoms with Gasteiger partial charge in [0.2, 0.25) is 11.8 Å². The molecule has 2 saturated carbocycles. The molecule has 0 radical (unpaired) electrons. The second-order valence-electron chi connectivity index (χ2n) is 13.5. The predicted octanol–water partition coefficient (Wildman–Crippen LogP) is 8.27. The SMILES string of the molecule is CCc1nc(Nc2ncc(C3CCC3)s2)cc(OCCCC(=O)OC(C)(C)C)n1.CCc1nc(Nc2ncc(C3CCC3)s2)cc(OCCN)n1.Cl. The van der Waals surface area contributed by atoms with E-state index in [4.69, 9.17) is 19.9 Å². The Hall–Kier alpha value is -3.66. The number of nitrogens with one attached hydrogen (secondary N) is 2. The van der Waals surface area contributed by atoms with Crippen LogP contribution in [0.2, 0.25) is 0 Å². The van der Waals surface area contributed by atoms with E-state index in [9.17, 15) is 4.79 Å². The van der Waals surface area contributed by atoms with Gasteiger partial charge in [-0.3, -0.25) is 4.79 Å². The zero-order chi connectivity index (χ0) is 36.2. The van der Waals surface area contributed by atoms with Crippen molar-refractivity contribution in [2.75, 3.05) is 30.4 Å². The fraction of sp³-hybridized carbons (Fsp3) is 0.583. The average Bonchev–Trinajstić information content (AvgIpc) is 3.69. The molecule has 284 valence electrons. The molecule has 16 heteroatoms. The first kappa shape index (κ1) is 41.1. The Kier molecular flexibility index (Phi) is 15.8. The summed E-state index contributed by atoms with van der Waals surface area (Å²) in [6.45, 7) is 10.9. The van der Waals surface area contributed by atoms with Gasteiger partial charge < -0.3 is 30.6 Å². The second-order valence-corrected chi connectivity index (χ2v) is 15.7. The number of aryl methyl sites for hydroxylation is 2. The molecule has 4 heterocycles. The van der Waals surface area contributed by atoms with Gasteiger partial charge in [-0.05, 0) is 64.7 Å². The molecular weight excluding hydrogens is 722 g/mol. The first-order chi connectivity index (χ1) is 24.6. The second kappa shape index (κ2) is 20.0. The summed E-state index contributed by atoms with van der Waals surface area (Å²) in [6.07, 6.45) is 14.0. The summed E-state index contributed by atoms with van der Waals surface area (Å²) in [6, 6.07) is 3.57. The van der Waals surface area contributed by atoms with Gasteiger partial charge in [-0.1, -0.05) is 26.7 Å². The van der Waals surface area contributed by atoms with Crippen molar-refractivity contribution < 1.29 is 19.0 Å². The monoisotopic (exact) mass is 773 g/mol. The number of nitrogens with zero attached hydrogens (tertiary/aromatic N) is 6. The van der Waals surface area contributed by atoms with E-state index in [1.165, 1.54) is 48.3 Å². The van der Waals surface area contributed by atoms with Crippen molar-refractivity contribution in [3.05, 3.63) is 45.9 Å². The number of carbonyl (C=O) groups excluding carboxylic acids is 1. The maximum absolute atomic E-state index is 11.8. The highest BCUT2D eigenvalue weighted by molar-refractivity contribution is 7.16.